The Morgan fingerprint density at radius 1 is 1.31 bits per heavy atom. The number of rotatable bonds is 9. The zero-order chi connectivity index (χ0) is 19.3. The fourth-order valence-corrected chi connectivity index (χ4v) is 5.27. The maximum atomic E-state index is 12.8. The third kappa shape index (κ3) is 5.06. The summed E-state index contributed by atoms with van der Waals surface area (Å²) < 4.78 is 28.7. The van der Waals surface area contributed by atoms with E-state index in [0.29, 0.717) is 29.8 Å². The molecule has 2 rings (SSSR count). The summed E-state index contributed by atoms with van der Waals surface area (Å²) in [6.45, 7) is 9.24. The van der Waals surface area contributed by atoms with Gasteiger partial charge in [-0.15, -0.1) is 0 Å². The van der Waals surface area contributed by atoms with Gasteiger partial charge in [0, 0.05) is 36.7 Å². The monoisotopic (exact) mass is 445 g/mol. The van der Waals surface area contributed by atoms with E-state index in [1.54, 1.807) is 11.0 Å². The molecule has 1 heterocycles. The van der Waals surface area contributed by atoms with Crippen LogP contribution in [0.3, 0.4) is 0 Å². The Kier molecular flexibility index (Phi) is 7.63. The van der Waals surface area contributed by atoms with Crippen molar-refractivity contribution in [2.45, 2.75) is 44.9 Å². The number of amides is 1. The number of hydrogen-bond acceptors (Lipinski definition) is 4. The van der Waals surface area contributed by atoms with Crippen molar-refractivity contribution in [2.75, 3.05) is 37.6 Å². The molecule has 1 aromatic rings. The molecule has 0 fully saturated rings. The summed E-state index contributed by atoms with van der Waals surface area (Å²) >= 11 is 3.38. The largest absolute Gasteiger partial charge is 0.312 e. The molecule has 0 aromatic heterocycles. The second-order valence-electron chi connectivity index (χ2n) is 6.52. The molecule has 1 aromatic carbocycles. The lowest BCUT2D eigenvalue weighted by atomic mass is 10.2. The summed E-state index contributed by atoms with van der Waals surface area (Å²) in [6.07, 6.45) is 2.97. The summed E-state index contributed by atoms with van der Waals surface area (Å²) in [4.78, 5) is 15.8. The molecule has 0 aliphatic carbocycles. The third-order valence-corrected chi connectivity index (χ3v) is 7.11. The van der Waals surface area contributed by atoms with Gasteiger partial charge in [0.15, 0.2) is 0 Å². The first-order chi connectivity index (χ1) is 12.3. The number of unbranched alkanes of at least 4 members (excludes halogenated alkanes) is 1. The Morgan fingerprint density at radius 2 is 2.04 bits per heavy atom. The van der Waals surface area contributed by atoms with Gasteiger partial charge in [0.1, 0.15) is 0 Å². The smallest absolute Gasteiger partial charge is 0.241 e. The van der Waals surface area contributed by atoms with Crippen molar-refractivity contribution in [3.63, 3.8) is 0 Å². The first-order valence-electron chi connectivity index (χ1n) is 9.12. The van der Waals surface area contributed by atoms with Crippen LogP contribution in [0.1, 0.15) is 39.2 Å². The van der Waals surface area contributed by atoms with E-state index in [0.717, 1.165) is 37.9 Å². The minimum Gasteiger partial charge on any atom is -0.312 e. The number of likely N-dealkylation sites (N-methyl/N-ethyl adjacent to an activating group) is 1. The quantitative estimate of drug-likeness (QED) is 0.634. The number of sulfonamides is 1. The van der Waals surface area contributed by atoms with E-state index in [2.05, 4.69) is 39.4 Å². The first kappa shape index (κ1) is 21.3. The van der Waals surface area contributed by atoms with Crippen molar-refractivity contribution in [1.29, 1.82) is 0 Å². The van der Waals surface area contributed by atoms with E-state index in [1.807, 2.05) is 6.07 Å². The second-order valence-corrected chi connectivity index (χ2v) is 9.11. The summed E-state index contributed by atoms with van der Waals surface area (Å²) in [5.41, 5.74) is 1.68. The van der Waals surface area contributed by atoms with Crippen LogP contribution in [0.4, 0.5) is 5.69 Å². The normalized spacial score (nSPS) is 14.1. The summed E-state index contributed by atoms with van der Waals surface area (Å²) in [6, 6.07) is 3.41. The van der Waals surface area contributed by atoms with Crippen LogP contribution in [0.5, 0.6) is 0 Å². The van der Waals surface area contributed by atoms with E-state index in [4.69, 9.17) is 0 Å². The molecule has 1 aliphatic rings. The average molecular weight is 446 g/mol. The van der Waals surface area contributed by atoms with E-state index in [-0.39, 0.29) is 10.8 Å². The highest BCUT2D eigenvalue weighted by atomic mass is 79.9. The van der Waals surface area contributed by atoms with E-state index >= 15 is 0 Å². The predicted molar refractivity (Wildman–Crippen MR) is 108 cm³/mol. The van der Waals surface area contributed by atoms with Gasteiger partial charge in [-0.1, -0.05) is 20.3 Å². The highest BCUT2D eigenvalue weighted by molar-refractivity contribution is 9.10. The summed E-state index contributed by atoms with van der Waals surface area (Å²) in [5.74, 6) is -0.0723. The van der Waals surface area contributed by atoms with Gasteiger partial charge < -0.3 is 9.80 Å². The maximum Gasteiger partial charge on any atom is 0.241 e. The van der Waals surface area contributed by atoms with Crippen LogP contribution in [0.2, 0.25) is 0 Å². The number of halogens is 1. The molecular formula is C18H28BrN3O3S. The number of fused-ring (bicyclic) bond motifs is 1. The number of anilines is 1. The number of carbonyl (C=O) groups excluding carboxylic acids is 1. The summed E-state index contributed by atoms with van der Waals surface area (Å²) in [7, 11) is -3.65. The molecule has 0 bridgehead atoms. The Hall–Kier alpha value is -0.960. The molecule has 6 nitrogen and oxygen atoms in total. The lowest BCUT2D eigenvalue weighted by Crippen LogP contribution is -2.35. The van der Waals surface area contributed by atoms with Crippen molar-refractivity contribution in [3.8, 4) is 0 Å². The van der Waals surface area contributed by atoms with E-state index in [1.165, 1.54) is 6.92 Å². The topological polar surface area (TPSA) is 69.7 Å². The molecular weight excluding hydrogens is 418 g/mol. The Labute approximate surface area is 165 Å². The van der Waals surface area contributed by atoms with Crippen molar-refractivity contribution in [3.05, 3.63) is 22.2 Å². The molecule has 1 aliphatic heterocycles. The molecule has 0 unspecified atom stereocenters. The summed E-state index contributed by atoms with van der Waals surface area (Å²) in [5, 5.41) is 0. The van der Waals surface area contributed by atoms with E-state index < -0.39 is 10.0 Å². The van der Waals surface area contributed by atoms with Crippen molar-refractivity contribution >= 4 is 37.5 Å². The number of carbonyl (C=O) groups is 1. The fourth-order valence-electron chi connectivity index (χ4n) is 3.15. The van der Waals surface area contributed by atoms with Crippen LogP contribution >= 0.6 is 15.9 Å². The molecule has 8 heteroatoms. The number of hydrogen-bond donors (Lipinski definition) is 1. The molecule has 0 spiro atoms. The zero-order valence-electron chi connectivity index (χ0n) is 15.7. The van der Waals surface area contributed by atoms with Gasteiger partial charge in [0.2, 0.25) is 15.9 Å². The minimum atomic E-state index is -3.65. The maximum absolute atomic E-state index is 12.8. The highest BCUT2D eigenvalue weighted by Crippen LogP contribution is 2.35. The van der Waals surface area contributed by atoms with Gasteiger partial charge in [0.25, 0.3) is 0 Å². The Morgan fingerprint density at radius 3 is 2.65 bits per heavy atom. The second kappa shape index (κ2) is 9.30. The van der Waals surface area contributed by atoms with Crippen molar-refractivity contribution < 1.29 is 13.2 Å². The van der Waals surface area contributed by atoms with Gasteiger partial charge in [-0.2, -0.15) is 0 Å². The van der Waals surface area contributed by atoms with Crippen LogP contribution in [0, 0.1) is 0 Å². The van der Waals surface area contributed by atoms with Gasteiger partial charge in [-0.25, -0.2) is 13.1 Å². The standard InChI is InChI=1S/C18H28BrN3O3S/c1-4-6-9-21(5-2)11-8-20-26(24,25)18-13-17-15(12-16(18)19)7-10-22(17)14(3)23/h12-13,20H,4-11H2,1-3H3. The molecule has 146 valence electrons. The molecule has 1 N–H and O–H groups in total. The Balaban J connectivity index is 2.11. The van der Waals surface area contributed by atoms with Crippen molar-refractivity contribution in [1.82, 2.24) is 9.62 Å². The van der Waals surface area contributed by atoms with Crippen LogP contribution in [-0.4, -0.2) is 51.9 Å². The van der Waals surface area contributed by atoms with Gasteiger partial charge in [-0.3, -0.25) is 4.79 Å². The van der Waals surface area contributed by atoms with Gasteiger partial charge >= 0.3 is 0 Å². The lowest BCUT2D eigenvalue weighted by Gasteiger charge is -2.20. The van der Waals surface area contributed by atoms with Crippen molar-refractivity contribution in [2.24, 2.45) is 0 Å². The lowest BCUT2D eigenvalue weighted by molar-refractivity contribution is -0.116. The molecule has 1 amide bonds. The average Bonchev–Trinajstić information content (AvgIpc) is 2.99. The molecule has 26 heavy (non-hydrogen) atoms. The molecule has 0 radical (unpaired) electrons. The van der Waals surface area contributed by atoms with Crippen LogP contribution in [-0.2, 0) is 21.2 Å². The highest BCUT2D eigenvalue weighted by Gasteiger charge is 2.27. The number of nitrogens with zero attached hydrogens (tertiary/aromatic N) is 2. The first-order valence-corrected chi connectivity index (χ1v) is 11.4. The van der Waals surface area contributed by atoms with Gasteiger partial charge in [0.05, 0.1) is 4.90 Å². The molecule has 0 atom stereocenters. The zero-order valence-corrected chi connectivity index (χ0v) is 18.1. The van der Waals surface area contributed by atoms with Crippen LogP contribution < -0.4 is 9.62 Å². The molecule has 0 saturated carbocycles. The number of benzene rings is 1. The van der Waals surface area contributed by atoms with E-state index in [9.17, 15) is 13.2 Å². The SMILES string of the molecule is CCCCN(CC)CCNS(=O)(=O)c1cc2c(cc1Br)CCN2C(C)=O. The van der Waals surface area contributed by atoms with Crippen LogP contribution in [0.15, 0.2) is 21.5 Å². The predicted octanol–water partition coefficient (Wildman–Crippen LogP) is 2.76. The van der Waals surface area contributed by atoms with Crippen LogP contribution in [0.25, 0.3) is 0 Å². The minimum absolute atomic E-state index is 0.0723. The Bertz CT molecular complexity index is 752. The van der Waals surface area contributed by atoms with Gasteiger partial charge in [-0.05, 0) is 59.6 Å². The number of nitrogens with one attached hydrogen (secondary N) is 1. The fraction of sp³-hybridized carbons (Fsp3) is 0.611. The molecule has 0 saturated heterocycles. The third-order valence-electron chi connectivity index (χ3n) is 4.69.